The van der Waals surface area contributed by atoms with Gasteiger partial charge in [0.25, 0.3) is 0 Å². The van der Waals surface area contributed by atoms with Crippen LogP contribution < -0.4 is 9.47 Å². The first-order chi connectivity index (χ1) is 13.8. The van der Waals surface area contributed by atoms with Gasteiger partial charge in [-0.3, -0.25) is 4.79 Å². The lowest BCUT2D eigenvalue weighted by molar-refractivity contribution is -0.133. The van der Waals surface area contributed by atoms with Crippen molar-refractivity contribution in [2.24, 2.45) is 0 Å². The molecule has 4 nitrogen and oxygen atoms in total. The number of hydrogen-bond donors (Lipinski definition) is 0. The van der Waals surface area contributed by atoms with Crippen LogP contribution in [0.5, 0.6) is 11.5 Å². The zero-order valence-electron chi connectivity index (χ0n) is 15.5. The van der Waals surface area contributed by atoms with E-state index in [-0.39, 0.29) is 18.7 Å². The summed E-state index contributed by atoms with van der Waals surface area (Å²) in [7, 11) is 0. The largest absolute Gasteiger partial charge is 0.454 e. The van der Waals surface area contributed by atoms with Crippen LogP contribution in [0, 0.1) is 0 Å². The average molecular weight is 391 g/mol. The fourth-order valence-corrected chi connectivity index (χ4v) is 4.97. The predicted molar refractivity (Wildman–Crippen MR) is 109 cm³/mol. The van der Waals surface area contributed by atoms with E-state index in [1.54, 1.807) is 11.3 Å². The Morgan fingerprint density at radius 3 is 2.82 bits per heavy atom. The number of hydrogen-bond acceptors (Lipinski definition) is 4. The second kappa shape index (κ2) is 7.32. The quantitative estimate of drug-likeness (QED) is 0.653. The Morgan fingerprint density at radius 2 is 1.93 bits per heavy atom. The monoisotopic (exact) mass is 391 g/mol. The van der Waals surface area contributed by atoms with Gasteiger partial charge in [-0.1, -0.05) is 36.4 Å². The highest BCUT2D eigenvalue weighted by molar-refractivity contribution is 7.10. The summed E-state index contributed by atoms with van der Waals surface area (Å²) in [5.74, 6) is 1.75. The number of amides is 1. The lowest BCUT2D eigenvalue weighted by atomic mass is 9.92. The normalized spacial score (nSPS) is 17.4. The molecule has 0 saturated carbocycles. The van der Waals surface area contributed by atoms with Crippen LogP contribution in [0.25, 0.3) is 0 Å². The topological polar surface area (TPSA) is 38.8 Å². The highest BCUT2D eigenvalue weighted by Gasteiger charge is 2.32. The third kappa shape index (κ3) is 3.16. The molecule has 2 aliphatic heterocycles. The van der Waals surface area contributed by atoms with Crippen LogP contribution in [0.4, 0.5) is 0 Å². The van der Waals surface area contributed by atoms with Gasteiger partial charge < -0.3 is 14.4 Å². The molecule has 0 bridgehead atoms. The SMILES string of the molecule is O=C(CCc1ccc2c(c1)OCO2)N1CCc2sccc2C1c1ccccc1. The molecule has 0 spiro atoms. The number of aryl methyl sites for hydroxylation is 1. The minimum absolute atomic E-state index is 0.0143. The predicted octanol–water partition coefficient (Wildman–Crippen LogP) is 4.58. The van der Waals surface area contributed by atoms with Crippen molar-refractivity contribution in [3.8, 4) is 11.5 Å². The second-order valence-electron chi connectivity index (χ2n) is 7.14. The van der Waals surface area contributed by atoms with Gasteiger partial charge in [0.2, 0.25) is 12.7 Å². The van der Waals surface area contributed by atoms with E-state index in [4.69, 9.17) is 9.47 Å². The van der Waals surface area contributed by atoms with E-state index < -0.39 is 0 Å². The molecule has 142 valence electrons. The Kier molecular flexibility index (Phi) is 4.53. The van der Waals surface area contributed by atoms with Crippen LogP contribution >= 0.6 is 11.3 Å². The summed E-state index contributed by atoms with van der Waals surface area (Å²) >= 11 is 1.80. The Morgan fingerprint density at radius 1 is 1.07 bits per heavy atom. The molecule has 0 aliphatic carbocycles. The minimum atomic E-state index is 0.0143. The Labute approximate surface area is 168 Å². The summed E-state index contributed by atoms with van der Waals surface area (Å²) in [5.41, 5.74) is 3.55. The Balaban J connectivity index is 1.36. The van der Waals surface area contributed by atoms with Gasteiger partial charge in [-0.05, 0) is 53.1 Å². The smallest absolute Gasteiger partial charge is 0.231 e. The van der Waals surface area contributed by atoms with Gasteiger partial charge in [0.05, 0.1) is 6.04 Å². The molecule has 28 heavy (non-hydrogen) atoms. The van der Waals surface area contributed by atoms with Crippen LogP contribution in [-0.4, -0.2) is 24.1 Å². The molecule has 5 heteroatoms. The highest BCUT2D eigenvalue weighted by Crippen LogP contribution is 2.38. The van der Waals surface area contributed by atoms with Gasteiger partial charge >= 0.3 is 0 Å². The minimum Gasteiger partial charge on any atom is -0.454 e. The number of benzene rings is 2. The standard InChI is InChI=1S/C23H21NO3S/c25-22(9-7-16-6-8-19-20(14-16)27-15-26-19)24-12-10-21-18(11-13-28-21)23(24)17-4-2-1-3-5-17/h1-6,8,11,13-14,23H,7,9-10,12,15H2. The van der Waals surface area contributed by atoms with Crippen molar-refractivity contribution in [3.05, 3.63) is 81.5 Å². The Bertz CT molecular complexity index is 998. The van der Waals surface area contributed by atoms with Gasteiger partial charge in [0.15, 0.2) is 11.5 Å². The van der Waals surface area contributed by atoms with E-state index in [1.807, 2.05) is 36.4 Å². The summed E-state index contributed by atoms with van der Waals surface area (Å²) in [6.45, 7) is 1.04. The number of rotatable bonds is 4. The van der Waals surface area contributed by atoms with Crippen LogP contribution in [-0.2, 0) is 17.6 Å². The van der Waals surface area contributed by atoms with Crippen LogP contribution in [0.1, 0.15) is 34.0 Å². The van der Waals surface area contributed by atoms with E-state index >= 15 is 0 Å². The van der Waals surface area contributed by atoms with Crippen LogP contribution in [0.2, 0.25) is 0 Å². The van der Waals surface area contributed by atoms with Gasteiger partial charge in [-0.25, -0.2) is 0 Å². The molecule has 1 atom stereocenters. The number of carbonyl (C=O) groups excluding carboxylic acids is 1. The Hall–Kier alpha value is -2.79. The van der Waals surface area contributed by atoms with Crippen LogP contribution in [0.15, 0.2) is 60.0 Å². The van der Waals surface area contributed by atoms with Crippen molar-refractivity contribution in [3.63, 3.8) is 0 Å². The van der Waals surface area contributed by atoms with Gasteiger partial charge in [-0.15, -0.1) is 11.3 Å². The molecule has 5 rings (SSSR count). The van der Waals surface area contributed by atoms with E-state index in [0.29, 0.717) is 12.8 Å². The van der Waals surface area contributed by atoms with E-state index in [0.717, 1.165) is 30.0 Å². The average Bonchev–Trinajstić information content (AvgIpc) is 3.40. The maximum absolute atomic E-state index is 13.2. The van der Waals surface area contributed by atoms with E-state index in [9.17, 15) is 4.79 Å². The second-order valence-corrected chi connectivity index (χ2v) is 8.14. The molecule has 0 saturated heterocycles. The van der Waals surface area contributed by atoms with Crippen molar-refractivity contribution in [1.29, 1.82) is 0 Å². The summed E-state index contributed by atoms with van der Waals surface area (Å²) in [4.78, 5) is 16.6. The molecule has 2 aliphatic rings. The first-order valence-electron chi connectivity index (χ1n) is 9.59. The molecule has 3 aromatic rings. The molecular formula is C23H21NO3S. The lowest BCUT2D eigenvalue weighted by Gasteiger charge is -2.36. The number of thiophene rings is 1. The third-order valence-corrected chi connectivity index (χ3v) is 6.46. The van der Waals surface area contributed by atoms with Crippen LogP contribution in [0.3, 0.4) is 0 Å². The summed E-state index contributed by atoms with van der Waals surface area (Å²) in [5, 5.41) is 2.14. The first kappa shape index (κ1) is 17.3. The lowest BCUT2D eigenvalue weighted by Crippen LogP contribution is -2.40. The molecule has 1 unspecified atom stereocenters. The number of carbonyl (C=O) groups is 1. The fourth-order valence-electron chi connectivity index (χ4n) is 4.07. The first-order valence-corrected chi connectivity index (χ1v) is 10.5. The van der Waals surface area contributed by atoms with Crippen molar-refractivity contribution in [2.45, 2.75) is 25.3 Å². The fraction of sp³-hybridized carbons (Fsp3) is 0.261. The highest BCUT2D eigenvalue weighted by atomic mass is 32.1. The zero-order valence-corrected chi connectivity index (χ0v) is 16.3. The maximum Gasteiger partial charge on any atom is 0.231 e. The molecule has 3 heterocycles. The number of fused-ring (bicyclic) bond motifs is 2. The molecule has 2 aromatic carbocycles. The van der Waals surface area contributed by atoms with Crippen molar-refractivity contribution in [1.82, 2.24) is 4.90 Å². The third-order valence-electron chi connectivity index (χ3n) is 5.47. The molecule has 1 amide bonds. The van der Waals surface area contributed by atoms with Crippen molar-refractivity contribution >= 4 is 17.2 Å². The zero-order chi connectivity index (χ0) is 18.9. The number of nitrogens with zero attached hydrogens (tertiary/aromatic N) is 1. The number of ether oxygens (including phenoxy) is 2. The van der Waals surface area contributed by atoms with E-state index in [2.05, 4.69) is 28.5 Å². The molecule has 0 radical (unpaired) electrons. The van der Waals surface area contributed by atoms with E-state index in [1.165, 1.54) is 16.0 Å². The molecular weight excluding hydrogens is 370 g/mol. The van der Waals surface area contributed by atoms with Gasteiger partial charge in [0.1, 0.15) is 0 Å². The summed E-state index contributed by atoms with van der Waals surface area (Å²) in [6, 6.07) is 18.5. The summed E-state index contributed by atoms with van der Waals surface area (Å²) in [6.07, 6.45) is 2.12. The van der Waals surface area contributed by atoms with Gasteiger partial charge in [-0.2, -0.15) is 0 Å². The molecule has 0 N–H and O–H groups in total. The van der Waals surface area contributed by atoms with Crippen molar-refractivity contribution < 1.29 is 14.3 Å². The van der Waals surface area contributed by atoms with Crippen molar-refractivity contribution in [2.75, 3.05) is 13.3 Å². The van der Waals surface area contributed by atoms with Gasteiger partial charge in [0, 0.05) is 17.8 Å². The maximum atomic E-state index is 13.2. The summed E-state index contributed by atoms with van der Waals surface area (Å²) < 4.78 is 10.8. The molecule has 1 aromatic heterocycles. The molecule has 0 fully saturated rings.